The van der Waals surface area contributed by atoms with Crippen molar-refractivity contribution < 1.29 is 24.2 Å². The van der Waals surface area contributed by atoms with Crippen LogP contribution in [0.25, 0.3) is 0 Å². The standard InChI is InChI=1S/C15H19I2NO5/c1-15(2,3)23-14(21)18-11(13(20)22-4)7-8-5-9(16)12(19)10(17)6-8/h5-6,11,19H,7H2,1-4H3,(H,18,21). The topological polar surface area (TPSA) is 84.9 Å². The van der Waals surface area contributed by atoms with Gasteiger partial charge in [-0.1, -0.05) is 0 Å². The minimum atomic E-state index is -0.869. The summed E-state index contributed by atoms with van der Waals surface area (Å²) in [5, 5.41) is 12.3. The highest BCUT2D eigenvalue weighted by atomic mass is 127. The smallest absolute Gasteiger partial charge is 0.408 e. The van der Waals surface area contributed by atoms with Gasteiger partial charge in [0, 0.05) is 6.42 Å². The maximum Gasteiger partial charge on any atom is 0.408 e. The molecule has 23 heavy (non-hydrogen) atoms. The van der Waals surface area contributed by atoms with Gasteiger partial charge in [-0.25, -0.2) is 9.59 Å². The molecule has 2 N–H and O–H groups in total. The summed E-state index contributed by atoms with van der Waals surface area (Å²) in [5.74, 6) is -0.362. The molecule has 1 aromatic carbocycles. The van der Waals surface area contributed by atoms with E-state index in [-0.39, 0.29) is 12.2 Å². The molecule has 1 aromatic rings. The monoisotopic (exact) mass is 547 g/mol. The molecule has 0 aromatic heterocycles. The van der Waals surface area contributed by atoms with Crippen LogP contribution in [0.3, 0.4) is 0 Å². The molecule has 0 aliphatic rings. The maximum absolute atomic E-state index is 11.9. The number of halogens is 2. The third-order valence-electron chi connectivity index (χ3n) is 2.69. The molecule has 0 bridgehead atoms. The van der Waals surface area contributed by atoms with Crippen LogP contribution in [0.2, 0.25) is 0 Å². The first-order valence-corrected chi connectivity index (χ1v) is 8.93. The van der Waals surface area contributed by atoms with Gasteiger partial charge in [-0.2, -0.15) is 0 Å². The van der Waals surface area contributed by atoms with E-state index in [0.29, 0.717) is 7.14 Å². The van der Waals surface area contributed by atoms with E-state index in [1.54, 1.807) is 32.9 Å². The predicted octanol–water partition coefficient (Wildman–Crippen LogP) is 3.21. The molecule has 0 saturated carbocycles. The number of methoxy groups -OCH3 is 1. The minimum absolute atomic E-state index is 0.199. The number of phenolic OH excluding ortho intramolecular Hbond substituents is 1. The number of hydrogen-bond donors (Lipinski definition) is 2. The average molecular weight is 547 g/mol. The maximum atomic E-state index is 11.9. The summed E-state index contributed by atoms with van der Waals surface area (Å²) in [6, 6.07) is 2.64. The second-order valence-corrected chi connectivity index (χ2v) is 8.16. The van der Waals surface area contributed by atoms with Crippen molar-refractivity contribution >= 4 is 57.2 Å². The lowest BCUT2D eigenvalue weighted by Gasteiger charge is -2.22. The van der Waals surface area contributed by atoms with Gasteiger partial charge in [-0.15, -0.1) is 0 Å². The summed E-state index contributed by atoms with van der Waals surface area (Å²) >= 11 is 4.02. The normalized spacial score (nSPS) is 12.4. The third kappa shape index (κ3) is 6.69. The van der Waals surface area contributed by atoms with Crippen LogP contribution in [0.1, 0.15) is 26.3 Å². The largest absolute Gasteiger partial charge is 0.506 e. The summed E-state index contributed by atoms with van der Waals surface area (Å²) in [6.45, 7) is 5.22. The predicted molar refractivity (Wildman–Crippen MR) is 102 cm³/mol. The lowest BCUT2D eigenvalue weighted by Crippen LogP contribution is -2.45. The van der Waals surface area contributed by atoms with Crippen molar-refractivity contribution in [3.05, 3.63) is 24.8 Å². The van der Waals surface area contributed by atoms with Crippen LogP contribution in [0, 0.1) is 7.14 Å². The Hall–Kier alpha value is -0.780. The Kier molecular flexibility index (Phi) is 7.36. The van der Waals surface area contributed by atoms with Crippen molar-refractivity contribution in [1.29, 1.82) is 0 Å². The molecule has 0 aliphatic carbocycles. The van der Waals surface area contributed by atoms with Crippen LogP contribution < -0.4 is 5.32 Å². The van der Waals surface area contributed by atoms with E-state index in [0.717, 1.165) is 5.56 Å². The molecule has 1 atom stereocenters. The SMILES string of the molecule is COC(=O)C(Cc1cc(I)c(O)c(I)c1)NC(=O)OC(C)(C)C. The van der Waals surface area contributed by atoms with Crippen molar-refractivity contribution in [2.75, 3.05) is 7.11 Å². The zero-order valence-electron chi connectivity index (χ0n) is 13.3. The number of rotatable bonds is 4. The van der Waals surface area contributed by atoms with Crippen LogP contribution in [-0.4, -0.2) is 35.9 Å². The van der Waals surface area contributed by atoms with Crippen LogP contribution in [0.5, 0.6) is 5.75 Å². The number of aromatic hydroxyl groups is 1. The van der Waals surface area contributed by atoms with Gasteiger partial charge in [0.1, 0.15) is 17.4 Å². The second-order valence-electron chi connectivity index (χ2n) is 5.83. The molecule has 0 fully saturated rings. The quantitative estimate of drug-likeness (QED) is 0.447. The van der Waals surface area contributed by atoms with Crippen LogP contribution in [0.15, 0.2) is 12.1 Å². The summed E-state index contributed by atoms with van der Waals surface area (Å²) in [4.78, 5) is 23.8. The molecule has 0 spiro atoms. The van der Waals surface area contributed by atoms with E-state index >= 15 is 0 Å². The molecule has 0 radical (unpaired) electrons. The molecule has 1 unspecified atom stereocenters. The fourth-order valence-electron chi connectivity index (χ4n) is 1.76. The molecule has 128 valence electrons. The van der Waals surface area contributed by atoms with Gasteiger partial charge in [0.25, 0.3) is 0 Å². The Morgan fingerprint density at radius 1 is 1.26 bits per heavy atom. The number of phenols is 1. The molecule has 1 rings (SSSR count). The molecule has 0 saturated heterocycles. The van der Waals surface area contributed by atoms with Gasteiger partial charge in [0.15, 0.2) is 0 Å². The van der Waals surface area contributed by atoms with E-state index in [9.17, 15) is 14.7 Å². The van der Waals surface area contributed by atoms with Crippen molar-refractivity contribution in [3.8, 4) is 5.75 Å². The first kappa shape index (κ1) is 20.3. The van der Waals surface area contributed by atoms with E-state index in [2.05, 4.69) is 5.32 Å². The number of hydrogen-bond acceptors (Lipinski definition) is 5. The number of alkyl carbamates (subject to hydrolysis) is 1. The second kappa shape index (κ2) is 8.36. The summed E-state index contributed by atoms with van der Waals surface area (Å²) in [6.07, 6.45) is -0.450. The van der Waals surface area contributed by atoms with Crippen molar-refractivity contribution in [1.82, 2.24) is 5.32 Å². The lowest BCUT2D eigenvalue weighted by atomic mass is 10.1. The van der Waals surface area contributed by atoms with E-state index in [1.165, 1.54) is 7.11 Å². The molecule has 1 amide bonds. The number of benzene rings is 1. The van der Waals surface area contributed by atoms with Crippen molar-refractivity contribution in [2.45, 2.75) is 38.8 Å². The third-order valence-corrected chi connectivity index (χ3v) is 4.34. The number of carbonyl (C=O) groups excluding carboxylic acids is 2. The summed E-state index contributed by atoms with van der Waals surface area (Å²) in [7, 11) is 1.26. The highest BCUT2D eigenvalue weighted by Crippen LogP contribution is 2.28. The number of ether oxygens (including phenoxy) is 2. The van der Waals surface area contributed by atoms with Gasteiger partial charge < -0.3 is 19.9 Å². The van der Waals surface area contributed by atoms with Gasteiger partial charge in [0.2, 0.25) is 0 Å². The first-order chi connectivity index (χ1) is 10.5. The van der Waals surface area contributed by atoms with E-state index in [1.807, 2.05) is 45.2 Å². The first-order valence-electron chi connectivity index (χ1n) is 6.77. The van der Waals surface area contributed by atoms with Crippen LogP contribution in [0.4, 0.5) is 4.79 Å². The lowest BCUT2D eigenvalue weighted by molar-refractivity contribution is -0.143. The highest BCUT2D eigenvalue weighted by Gasteiger charge is 2.25. The average Bonchev–Trinajstić information content (AvgIpc) is 2.41. The number of esters is 1. The number of amides is 1. The number of carbonyl (C=O) groups is 2. The molecule has 6 nitrogen and oxygen atoms in total. The highest BCUT2D eigenvalue weighted by molar-refractivity contribution is 14.1. The van der Waals surface area contributed by atoms with E-state index in [4.69, 9.17) is 9.47 Å². The van der Waals surface area contributed by atoms with E-state index < -0.39 is 23.7 Å². The minimum Gasteiger partial charge on any atom is -0.506 e. The fraction of sp³-hybridized carbons (Fsp3) is 0.467. The number of nitrogens with one attached hydrogen (secondary N) is 1. The fourth-order valence-corrected chi connectivity index (χ4v) is 3.65. The molecule has 0 aliphatic heterocycles. The Bertz CT molecular complexity index is 575. The Morgan fingerprint density at radius 2 is 1.78 bits per heavy atom. The van der Waals surface area contributed by atoms with Crippen LogP contribution >= 0.6 is 45.2 Å². The molecular formula is C15H19I2NO5. The Labute approximate surface area is 162 Å². The Morgan fingerprint density at radius 3 is 2.22 bits per heavy atom. The van der Waals surface area contributed by atoms with Gasteiger partial charge >= 0.3 is 12.1 Å². The zero-order valence-corrected chi connectivity index (χ0v) is 17.6. The van der Waals surface area contributed by atoms with Crippen LogP contribution in [-0.2, 0) is 20.7 Å². The zero-order chi connectivity index (χ0) is 17.8. The van der Waals surface area contributed by atoms with Crippen molar-refractivity contribution in [2.24, 2.45) is 0 Å². The summed E-state index contributed by atoms with van der Waals surface area (Å²) < 4.78 is 11.2. The molecular weight excluding hydrogens is 528 g/mol. The van der Waals surface area contributed by atoms with Gasteiger partial charge in [0.05, 0.1) is 14.3 Å². The van der Waals surface area contributed by atoms with Crippen molar-refractivity contribution in [3.63, 3.8) is 0 Å². The molecule has 0 heterocycles. The summed E-state index contributed by atoms with van der Waals surface area (Å²) in [5.41, 5.74) is 0.136. The Balaban J connectivity index is 2.92. The molecule has 8 heteroatoms. The van der Waals surface area contributed by atoms with Gasteiger partial charge in [-0.05, 0) is 83.6 Å². The van der Waals surface area contributed by atoms with Gasteiger partial charge in [-0.3, -0.25) is 0 Å².